The summed E-state index contributed by atoms with van der Waals surface area (Å²) in [5.41, 5.74) is 2.00. The summed E-state index contributed by atoms with van der Waals surface area (Å²) < 4.78 is 3.77. The van der Waals surface area contributed by atoms with E-state index in [0.717, 1.165) is 16.1 Å². The summed E-state index contributed by atoms with van der Waals surface area (Å²) in [7, 11) is 3.21. The molecule has 1 N–H and O–H groups in total. The first-order chi connectivity index (χ1) is 13.4. The van der Waals surface area contributed by atoms with Crippen molar-refractivity contribution in [3.05, 3.63) is 62.6 Å². The fraction of sp³-hybridized carbons (Fsp3) is 0.368. The van der Waals surface area contributed by atoms with Crippen molar-refractivity contribution in [3.63, 3.8) is 0 Å². The molecular weight excluding hydrogens is 378 g/mol. The molecule has 1 amide bonds. The van der Waals surface area contributed by atoms with Gasteiger partial charge in [-0.15, -0.1) is 0 Å². The van der Waals surface area contributed by atoms with Gasteiger partial charge in [-0.1, -0.05) is 29.8 Å². The summed E-state index contributed by atoms with van der Waals surface area (Å²) in [6, 6.07) is 8.35. The summed E-state index contributed by atoms with van der Waals surface area (Å²) in [6.07, 6.45) is 1.47. The van der Waals surface area contributed by atoms with Crippen LogP contribution in [0.4, 0.5) is 0 Å². The van der Waals surface area contributed by atoms with E-state index in [1.54, 1.807) is 23.4 Å². The van der Waals surface area contributed by atoms with Crippen LogP contribution in [0.2, 0.25) is 0 Å². The van der Waals surface area contributed by atoms with Crippen LogP contribution >= 0.6 is 11.8 Å². The van der Waals surface area contributed by atoms with Gasteiger partial charge >= 0.3 is 5.69 Å². The number of amides is 1. The van der Waals surface area contributed by atoms with Crippen LogP contribution in [0.15, 0.2) is 40.2 Å². The quantitative estimate of drug-likeness (QED) is 0.591. The number of fused-ring (bicyclic) bond motifs is 1. The first kappa shape index (κ1) is 19.9. The third-order valence-corrected chi connectivity index (χ3v) is 5.49. The summed E-state index contributed by atoms with van der Waals surface area (Å²) >= 11 is 1.71. The van der Waals surface area contributed by atoms with Crippen LogP contribution in [0, 0.1) is 6.92 Å². The number of thioether (sulfide) groups is 1. The summed E-state index contributed by atoms with van der Waals surface area (Å²) in [5, 5.41) is 2.77. The number of imidazole rings is 1. The number of aromatic nitrogens is 4. The lowest BCUT2D eigenvalue weighted by Crippen LogP contribution is -2.43. The topological polar surface area (TPSA) is 90.9 Å². The molecular formula is C19H23N5O3S. The van der Waals surface area contributed by atoms with Gasteiger partial charge in [-0.3, -0.25) is 14.2 Å². The molecule has 1 aromatic carbocycles. The van der Waals surface area contributed by atoms with Gasteiger partial charge < -0.3 is 9.88 Å². The van der Waals surface area contributed by atoms with E-state index in [9.17, 15) is 14.4 Å². The smallest absolute Gasteiger partial charge is 0.332 e. The fourth-order valence-corrected chi connectivity index (χ4v) is 3.69. The van der Waals surface area contributed by atoms with E-state index in [4.69, 9.17) is 0 Å². The van der Waals surface area contributed by atoms with Crippen LogP contribution in [-0.4, -0.2) is 36.9 Å². The maximum Gasteiger partial charge on any atom is 0.332 e. The number of aryl methyl sites for hydroxylation is 3. The van der Waals surface area contributed by atoms with E-state index < -0.39 is 11.2 Å². The van der Waals surface area contributed by atoms with Crippen molar-refractivity contribution in [1.29, 1.82) is 0 Å². The van der Waals surface area contributed by atoms with Crippen molar-refractivity contribution < 1.29 is 4.79 Å². The van der Waals surface area contributed by atoms with Gasteiger partial charge in [-0.2, -0.15) is 11.8 Å². The number of carbonyl (C=O) groups excluding carboxylic acids is 1. The molecule has 148 valence electrons. The third kappa shape index (κ3) is 4.19. The Morgan fingerprint density at radius 1 is 1.18 bits per heavy atom. The summed E-state index contributed by atoms with van der Waals surface area (Å²) in [4.78, 5) is 41.3. The second-order valence-corrected chi connectivity index (χ2v) is 7.75. The molecule has 3 aromatic rings. The highest BCUT2D eigenvalue weighted by Crippen LogP contribution is 2.12. The van der Waals surface area contributed by atoms with Crippen LogP contribution in [-0.2, 0) is 31.2 Å². The van der Waals surface area contributed by atoms with E-state index in [1.165, 1.54) is 29.1 Å². The van der Waals surface area contributed by atoms with Crippen molar-refractivity contribution in [2.24, 2.45) is 14.1 Å². The normalized spacial score (nSPS) is 11.1. The van der Waals surface area contributed by atoms with Crippen LogP contribution in [0.3, 0.4) is 0 Å². The Kier molecular flexibility index (Phi) is 6.03. The minimum absolute atomic E-state index is 0.295. The fourth-order valence-electron chi connectivity index (χ4n) is 2.87. The second-order valence-electron chi connectivity index (χ2n) is 6.65. The third-order valence-electron chi connectivity index (χ3n) is 4.46. The molecule has 2 aromatic heterocycles. The zero-order chi connectivity index (χ0) is 20.3. The molecule has 0 aliphatic carbocycles. The van der Waals surface area contributed by atoms with E-state index in [-0.39, 0.29) is 12.5 Å². The number of nitrogens with one attached hydrogen (secondary N) is 1. The first-order valence-corrected chi connectivity index (χ1v) is 10.0. The van der Waals surface area contributed by atoms with Crippen molar-refractivity contribution in [2.75, 3.05) is 12.3 Å². The van der Waals surface area contributed by atoms with Gasteiger partial charge in [0.05, 0.1) is 6.33 Å². The molecule has 0 saturated carbocycles. The number of hydrogen-bond acceptors (Lipinski definition) is 5. The molecule has 0 saturated heterocycles. The van der Waals surface area contributed by atoms with E-state index >= 15 is 0 Å². The second kappa shape index (κ2) is 8.47. The lowest BCUT2D eigenvalue weighted by molar-refractivity contribution is -0.121. The Morgan fingerprint density at radius 3 is 2.61 bits per heavy atom. The molecule has 0 bridgehead atoms. The average Bonchev–Trinajstić information content (AvgIpc) is 3.06. The van der Waals surface area contributed by atoms with Crippen molar-refractivity contribution in [1.82, 2.24) is 24.0 Å². The number of hydrogen-bond donors (Lipinski definition) is 1. The average molecular weight is 401 g/mol. The van der Waals surface area contributed by atoms with Crippen LogP contribution in [0.5, 0.6) is 0 Å². The van der Waals surface area contributed by atoms with Gasteiger partial charge in [0.15, 0.2) is 11.2 Å². The van der Waals surface area contributed by atoms with Gasteiger partial charge in [-0.25, -0.2) is 14.3 Å². The lowest BCUT2D eigenvalue weighted by Gasteiger charge is -2.09. The highest BCUT2D eigenvalue weighted by atomic mass is 32.2. The Balaban J connectivity index is 1.56. The molecule has 2 heterocycles. The van der Waals surface area contributed by atoms with Crippen LogP contribution in [0.25, 0.3) is 11.2 Å². The number of carbonyl (C=O) groups is 1. The zero-order valence-corrected chi connectivity index (χ0v) is 17.0. The molecule has 0 atom stereocenters. The Morgan fingerprint density at radius 2 is 1.89 bits per heavy atom. The van der Waals surface area contributed by atoms with Gasteiger partial charge in [-0.05, 0) is 12.5 Å². The molecule has 3 rings (SSSR count). The number of nitrogens with zero attached hydrogens (tertiary/aromatic N) is 4. The van der Waals surface area contributed by atoms with Gasteiger partial charge in [0.1, 0.15) is 6.54 Å². The molecule has 0 radical (unpaired) electrons. The number of rotatable bonds is 7. The van der Waals surface area contributed by atoms with Crippen molar-refractivity contribution in [3.8, 4) is 0 Å². The maximum absolute atomic E-state index is 12.6. The minimum atomic E-state index is -0.555. The molecule has 0 aliphatic heterocycles. The SMILES string of the molecule is Cc1ccc(CSCCNC(=O)Cn2c(=O)c3c(ncn3C)n(C)c2=O)cc1. The standard InChI is InChI=1S/C19H23N5O3S/c1-13-4-6-14(7-5-13)11-28-9-8-20-15(25)10-24-18(26)16-17(21-12-22(16)2)23(3)19(24)27/h4-7,12H,8-11H2,1-3H3,(H,20,25). The predicted octanol–water partition coefficient (Wildman–Crippen LogP) is 0.792. The molecule has 9 heteroatoms. The minimum Gasteiger partial charge on any atom is -0.354 e. The van der Waals surface area contributed by atoms with Crippen LogP contribution in [0.1, 0.15) is 11.1 Å². The lowest BCUT2D eigenvalue weighted by atomic mass is 10.2. The predicted molar refractivity (Wildman–Crippen MR) is 111 cm³/mol. The molecule has 0 aliphatic rings. The largest absolute Gasteiger partial charge is 0.354 e. The Hall–Kier alpha value is -2.81. The first-order valence-electron chi connectivity index (χ1n) is 8.89. The molecule has 0 fully saturated rings. The summed E-state index contributed by atoms with van der Waals surface area (Å²) in [5.74, 6) is 1.25. The highest BCUT2D eigenvalue weighted by Gasteiger charge is 2.16. The Bertz CT molecular complexity index is 1110. The molecule has 8 nitrogen and oxygen atoms in total. The Labute approximate surface area is 166 Å². The van der Waals surface area contributed by atoms with Crippen LogP contribution < -0.4 is 16.6 Å². The van der Waals surface area contributed by atoms with Crippen molar-refractivity contribution in [2.45, 2.75) is 19.2 Å². The van der Waals surface area contributed by atoms with Crippen molar-refractivity contribution >= 4 is 28.8 Å². The van der Waals surface area contributed by atoms with Gasteiger partial charge in [0.2, 0.25) is 5.91 Å². The van der Waals surface area contributed by atoms with Gasteiger partial charge in [0, 0.05) is 32.1 Å². The summed E-state index contributed by atoms with van der Waals surface area (Å²) in [6.45, 7) is 2.21. The van der Waals surface area contributed by atoms with Gasteiger partial charge in [0.25, 0.3) is 5.56 Å². The monoisotopic (exact) mass is 401 g/mol. The zero-order valence-electron chi connectivity index (χ0n) is 16.1. The van der Waals surface area contributed by atoms with E-state index in [1.807, 2.05) is 0 Å². The number of benzene rings is 1. The molecule has 0 spiro atoms. The molecule has 0 unspecified atom stereocenters. The molecule has 28 heavy (non-hydrogen) atoms. The maximum atomic E-state index is 12.6. The highest BCUT2D eigenvalue weighted by molar-refractivity contribution is 7.98. The van der Waals surface area contributed by atoms with E-state index in [0.29, 0.717) is 17.7 Å². The van der Waals surface area contributed by atoms with E-state index in [2.05, 4.69) is 41.5 Å².